The third kappa shape index (κ3) is 4.58. The molecule has 1 rings (SSSR count). The van der Waals surface area contributed by atoms with Crippen molar-refractivity contribution in [3.63, 3.8) is 0 Å². The van der Waals surface area contributed by atoms with Crippen LogP contribution < -0.4 is 0 Å². The molecule has 1 saturated heterocycles. The Labute approximate surface area is 104 Å². The number of alkyl halides is 1. The highest BCUT2D eigenvalue weighted by atomic mass is 35.5. The van der Waals surface area contributed by atoms with Crippen LogP contribution in [0.5, 0.6) is 0 Å². The van der Waals surface area contributed by atoms with Gasteiger partial charge in [-0.3, -0.25) is 4.90 Å². The van der Waals surface area contributed by atoms with E-state index in [9.17, 15) is 0 Å². The SMILES string of the molecule is COCCOCCCN1CCC(C)C1CCl. The number of rotatable bonds is 8. The Balaban J connectivity index is 2.04. The number of halogens is 1. The molecule has 4 heteroatoms. The van der Waals surface area contributed by atoms with Crippen LogP contribution in [0.3, 0.4) is 0 Å². The molecular weight excluding hydrogens is 226 g/mol. The monoisotopic (exact) mass is 249 g/mol. The first-order valence-electron chi connectivity index (χ1n) is 6.16. The number of hydrogen-bond acceptors (Lipinski definition) is 3. The molecule has 2 unspecified atom stereocenters. The topological polar surface area (TPSA) is 21.7 Å². The van der Waals surface area contributed by atoms with Crippen LogP contribution in [0.2, 0.25) is 0 Å². The first-order valence-corrected chi connectivity index (χ1v) is 6.69. The smallest absolute Gasteiger partial charge is 0.0700 e. The summed E-state index contributed by atoms with van der Waals surface area (Å²) < 4.78 is 10.4. The predicted molar refractivity (Wildman–Crippen MR) is 67.2 cm³/mol. The molecule has 0 amide bonds. The van der Waals surface area contributed by atoms with Crippen molar-refractivity contribution in [2.45, 2.75) is 25.8 Å². The zero-order valence-electron chi connectivity index (χ0n) is 10.5. The van der Waals surface area contributed by atoms with Crippen LogP contribution in [0.25, 0.3) is 0 Å². The summed E-state index contributed by atoms with van der Waals surface area (Å²) in [4.78, 5) is 2.50. The molecule has 0 spiro atoms. The summed E-state index contributed by atoms with van der Waals surface area (Å²) in [7, 11) is 1.69. The number of hydrogen-bond donors (Lipinski definition) is 0. The molecule has 1 aliphatic heterocycles. The van der Waals surface area contributed by atoms with E-state index in [1.54, 1.807) is 7.11 Å². The maximum atomic E-state index is 5.99. The van der Waals surface area contributed by atoms with E-state index in [0.29, 0.717) is 19.3 Å². The molecule has 1 aliphatic rings. The number of ether oxygens (including phenoxy) is 2. The van der Waals surface area contributed by atoms with E-state index in [1.807, 2.05) is 0 Å². The van der Waals surface area contributed by atoms with Crippen LogP contribution in [-0.2, 0) is 9.47 Å². The molecule has 0 aromatic heterocycles. The van der Waals surface area contributed by atoms with Crippen molar-refractivity contribution < 1.29 is 9.47 Å². The second kappa shape index (κ2) is 8.29. The van der Waals surface area contributed by atoms with Crippen molar-refractivity contribution in [2.75, 3.05) is 45.9 Å². The quantitative estimate of drug-likeness (QED) is 0.485. The molecule has 96 valence electrons. The van der Waals surface area contributed by atoms with Crippen molar-refractivity contribution in [3.8, 4) is 0 Å². The van der Waals surface area contributed by atoms with Gasteiger partial charge in [-0.2, -0.15) is 0 Å². The van der Waals surface area contributed by atoms with E-state index >= 15 is 0 Å². The van der Waals surface area contributed by atoms with Gasteiger partial charge in [-0.05, 0) is 25.3 Å². The lowest BCUT2D eigenvalue weighted by Gasteiger charge is -2.24. The Bertz CT molecular complexity index is 180. The average molecular weight is 250 g/mol. The Kier molecular flexibility index (Phi) is 7.37. The molecule has 3 nitrogen and oxygen atoms in total. The van der Waals surface area contributed by atoms with Gasteiger partial charge in [0, 0.05) is 32.2 Å². The lowest BCUT2D eigenvalue weighted by atomic mass is 10.1. The standard InChI is InChI=1S/C12H24ClNO2/c1-11-4-6-14(12(11)10-13)5-3-7-16-9-8-15-2/h11-12H,3-10H2,1-2H3. The maximum Gasteiger partial charge on any atom is 0.0700 e. The lowest BCUT2D eigenvalue weighted by Crippen LogP contribution is -2.34. The van der Waals surface area contributed by atoms with Crippen LogP contribution in [0.15, 0.2) is 0 Å². The maximum absolute atomic E-state index is 5.99. The highest BCUT2D eigenvalue weighted by molar-refractivity contribution is 6.18. The van der Waals surface area contributed by atoms with Gasteiger partial charge in [0.25, 0.3) is 0 Å². The van der Waals surface area contributed by atoms with Crippen LogP contribution in [0.1, 0.15) is 19.8 Å². The average Bonchev–Trinajstić information content (AvgIpc) is 2.64. The van der Waals surface area contributed by atoms with Crippen molar-refractivity contribution in [1.29, 1.82) is 0 Å². The number of nitrogens with zero attached hydrogens (tertiary/aromatic N) is 1. The zero-order chi connectivity index (χ0) is 11.8. The molecule has 0 bridgehead atoms. The molecule has 0 aromatic rings. The van der Waals surface area contributed by atoms with Gasteiger partial charge in [-0.15, -0.1) is 11.6 Å². The Morgan fingerprint density at radius 1 is 1.31 bits per heavy atom. The summed E-state index contributed by atoms with van der Waals surface area (Å²) in [6.07, 6.45) is 2.37. The van der Waals surface area contributed by atoms with E-state index < -0.39 is 0 Å². The Morgan fingerprint density at radius 3 is 2.81 bits per heavy atom. The van der Waals surface area contributed by atoms with E-state index in [4.69, 9.17) is 21.1 Å². The van der Waals surface area contributed by atoms with Crippen LogP contribution in [0.4, 0.5) is 0 Å². The molecular formula is C12H24ClNO2. The molecule has 1 heterocycles. The Hall–Kier alpha value is 0.170. The molecule has 16 heavy (non-hydrogen) atoms. The van der Waals surface area contributed by atoms with E-state index in [1.165, 1.54) is 13.0 Å². The molecule has 0 radical (unpaired) electrons. The third-order valence-corrected chi connectivity index (χ3v) is 3.64. The highest BCUT2D eigenvalue weighted by Gasteiger charge is 2.29. The third-order valence-electron chi connectivity index (χ3n) is 3.32. The zero-order valence-corrected chi connectivity index (χ0v) is 11.2. The van der Waals surface area contributed by atoms with E-state index in [2.05, 4.69) is 11.8 Å². The summed E-state index contributed by atoms with van der Waals surface area (Å²) in [6.45, 7) is 6.80. The normalized spacial score (nSPS) is 26.4. The van der Waals surface area contributed by atoms with Crippen LogP contribution in [-0.4, -0.2) is 56.8 Å². The van der Waals surface area contributed by atoms with Crippen molar-refractivity contribution >= 4 is 11.6 Å². The fourth-order valence-corrected chi connectivity index (χ4v) is 2.73. The molecule has 0 N–H and O–H groups in total. The van der Waals surface area contributed by atoms with Gasteiger partial charge in [-0.1, -0.05) is 6.92 Å². The molecule has 0 aromatic carbocycles. The van der Waals surface area contributed by atoms with Crippen molar-refractivity contribution in [2.24, 2.45) is 5.92 Å². The minimum atomic E-state index is 0.570. The van der Waals surface area contributed by atoms with Gasteiger partial charge in [0.2, 0.25) is 0 Å². The van der Waals surface area contributed by atoms with E-state index in [0.717, 1.165) is 31.4 Å². The van der Waals surface area contributed by atoms with Gasteiger partial charge in [-0.25, -0.2) is 0 Å². The summed E-state index contributed by atoms with van der Waals surface area (Å²) in [5, 5.41) is 0. The van der Waals surface area contributed by atoms with Gasteiger partial charge in [0.05, 0.1) is 13.2 Å². The Morgan fingerprint density at radius 2 is 2.12 bits per heavy atom. The highest BCUT2D eigenvalue weighted by Crippen LogP contribution is 2.24. The van der Waals surface area contributed by atoms with Gasteiger partial charge in [0.1, 0.15) is 0 Å². The molecule has 0 aliphatic carbocycles. The lowest BCUT2D eigenvalue weighted by molar-refractivity contribution is 0.0646. The number of methoxy groups -OCH3 is 1. The van der Waals surface area contributed by atoms with Crippen LogP contribution >= 0.6 is 11.6 Å². The van der Waals surface area contributed by atoms with Gasteiger partial charge < -0.3 is 9.47 Å². The van der Waals surface area contributed by atoms with Gasteiger partial charge >= 0.3 is 0 Å². The first kappa shape index (κ1) is 14.2. The van der Waals surface area contributed by atoms with Crippen molar-refractivity contribution in [1.82, 2.24) is 4.90 Å². The predicted octanol–water partition coefficient (Wildman–Crippen LogP) is 1.99. The minimum Gasteiger partial charge on any atom is -0.382 e. The molecule has 0 saturated carbocycles. The van der Waals surface area contributed by atoms with Crippen LogP contribution in [0, 0.1) is 5.92 Å². The summed E-state index contributed by atoms with van der Waals surface area (Å²) in [5.41, 5.74) is 0. The summed E-state index contributed by atoms with van der Waals surface area (Å²) in [6, 6.07) is 0.570. The second-order valence-corrected chi connectivity index (χ2v) is 4.79. The fourth-order valence-electron chi connectivity index (χ4n) is 2.23. The van der Waals surface area contributed by atoms with E-state index in [-0.39, 0.29) is 0 Å². The fraction of sp³-hybridized carbons (Fsp3) is 1.00. The molecule has 1 fully saturated rings. The second-order valence-electron chi connectivity index (χ2n) is 4.48. The molecule has 2 atom stereocenters. The summed E-state index contributed by atoms with van der Waals surface area (Å²) >= 11 is 5.99. The number of likely N-dealkylation sites (tertiary alicyclic amines) is 1. The summed E-state index contributed by atoms with van der Waals surface area (Å²) in [5.74, 6) is 1.50. The van der Waals surface area contributed by atoms with Crippen molar-refractivity contribution in [3.05, 3.63) is 0 Å². The largest absolute Gasteiger partial charge is 0.382 e. The van der Waals surface area contributed by atoms with Gasteiger partial charge in [0.15, 0.2) is 0 Å². The minimum absolute atomic E-state index is 0.570. The first-order chi connectivity index (χ1) is 7.79.